The van der Waals surface area contributed by atoms with Crippen molar-refractivity contribution >= 4 is 117 Å². The van der Waals surface area contributed by atoms with E-state index in [1.807, 2.05) is 74.5 Å². The molecule has 0 spiro atoms. The summed E-state index contributed by atoms with van der Waals surface area (Å²) in [6.45, 7) is 4.53. The molecule has 4 aromatic carbocycles. The third kappa shape index (κ3) is 6.62. The highest BCUT2D eigenvalue weighted by molar-refractivity contribution is 7.21. The first-order valence-electron chi connectivity index (χ1n) is 19.2. The van der Waals surface area contributed by atoms with Crippen LogP contribution in [0.5, 0.6) is 0 Å². The number of nitrogens with two attached hydrogens (primary N) is 2. The van der Waals surface area contributed by atoms with Crippen LogP contribution in [0.2, 0.25) is 10.0 Å². The summed E-state index contributed by atoms with van der Waals surface area (Å²) >= 11 is 15.4. The third-order valence-corrected chi connectivity index (χ3v) is 14.4. The van der Waals surface area contributed by atoms with E-state index in [1.165, 1.54) is 35.3 Å². The number of piperazine rings is 1. The number of hydrogen-bond donors (Lipinski definition) is 2. The Kier molecular flexibility index (Phi) is 9.94. The fourth-order valence-corrected chi connectivity index (χ4v) is 11.3. The van der Waals surface area contributed by atoms with Gasteiger partial charge in [0.2, 0.25) is 6.04 Å². The molecule has 4 aromatic heterocycles. The van der Waals surface area contributed by atoms with Crippen LogP contribution >= 0.6 is 45.9 Å². The molecular formula is C44H38Cl2N8O3S2+2. The zero-order chi connectivity index (χ0) is 41.2. The van der Waals surface area contributed by atoms with Gasteiger partial charge in [-0.05, 0) is 96.9 Å². The Labute approximate surface area is 357 Å². The van der Waals surface area contributed by atoms with Gasteiger partial charge in [0.25, 0.3) is 0 Å². The van der Waals surface area contributed by atoms with E-state index in [0.29, 0.717) is 66.1 Å². The van der Waals surface area contributed by atoms with Crippen LogP contribution in [0.3, 0.4) is 0 Å². The van der Waals surface area contributed by atoms with Crippen molar-refractivity contribution in [2.24, 2.45) is 0 Å². The smallest absolute Gasteiger partial charge is 0.373 e. The lowest BCUT2D eigenvalue weighted by Gasteiger charge is -2.52. The van der Waals surface area contributed by atoms with Crippen molar-refractivity contribution in [3.63, 3.8) is 0 Å². The number of amides is 3. The highest BCUT2D eigenvalue weighted by Gasteiger charge is 2.67. The van der Waals surface area contributed by atoms with Gasteiger partial charge in [0.15, 0.2) is 0 Å². The Morgan fingerprint density at radius 3 is 1.68 bits per heavy atom. The summed E-state index contributed by atoms with van der Waals surface area (Å²) in [5.41, 5.74) is 15.4. The second-order valence-corrected chi connectivity index (χ2v) is 18.4. The molecule has 4 N–H and O–H groups in total. The number of rotatable bonds is 8. The van der Waals surface area contributed by atoms with Gasteiger partial charge in [-0.2, -0.15) is 4.48 Å². The number of anilines is 2. The molecule has 1 aliphatic rings. The van der Waals surface area contributed by atoms with Crippen molar-refractivity contribution in [2.75, 3.05) is 18.0 Å². The SMILES string of the molecule is CCC[C@H]1C(=O)[N+](Cc2ccc3c(N)ncnc3c2)(Cc2ccc3c(N)ncnc3c2)[C@@H](C)C[N+]1(C(=O)c1cc2cc(Cl)ccc2s1)C(=O)c1cc2cc(Cl)ccc2s1. The number of fused-ring (bicyclic) bond motifs is 4. The molecule has 296 valence electrons. The highest BCUT2D eigenvalue weighted by atomic mass is 35.5. The quantitative estimate of drug-likeness (QED) is 0.112. The molecule has 0 unspecified atom stereocenters. The van der Waals surface area contributed by atoms with Crippen LogP contribution in [0.1, 0.15) is 57.2 Å². The van der Waals surface area contributed by atoms with Gasteiger partial charge in [0.1, 0.15) is 59.7 Å². The molecule has 1 fully saturated rings. The molecule has 11 nitrogen and oxygen atoms in total. The lowest BCUT2D eigenvalue weighted by atomic mass is 9.91. The third-order valence-electron chi connectivity index (χ3n) is 11.7. The molecule has 9 rings (SSSR count). The minimum atomic E-state index is -1.03. The van der Waals surface area contributed by atoms with Crippen LogP contribution < -0.4 is 11.5 Å². The van der Waals surface area contributed by atoms with Crippen LogP contribution in [0.4, 0.5) is 11.6 Å². The second kappa shape index (κ2) is 15.0. The standard InChI is InChI=1S/C44H38Cl2N8O3S2/c1-3-4-35-42(55)53(20-25-5-9-31-33(13-25)49-22-51-40(31)47,21-26-6-10-32-34(14-26)50-23-52-41(32)48)24(2)19-54(35,43(56)38-17-27-15-29(45)7-11-36(27)58-38)44(57)39-18-28-16-30(46)8-12-37(28)59-39/h5-18,22-24,35H,3-4,19-21H2,1-2H3,(H2,47,49,51)(H2,48,50,52)/q+2/t24-,35-/m0/s1. The zero-order valence-electron chi connectivity index (χ0n) is 32.1. The van der Waals surface area contributed by atoms with E-state index in [1.54, 1.807) is 24.3 Å². The van der Waals surface area contributed by atoms with Crippen LogP contribution in [-0.4, -0.2) is 65.3 Å². The number of halogens is 2. The summed E-state index contributed by atoms with van der Waals surface area (Å²) in [5.74, 6) is -0.297. The number of carbonyl (C=O) groups excluding carboxylic acids is 3. The van der Waals surface area contributed by atoms with Gasteiger partial charge < -0.3 is 11.5 Å². The van der Waals surface area contributed by atoms with Crippen molar-refractivity contribution in [3.8, 4) is 0 Å². The van der Waals surface area contributed by atoms with Crippen molar-refractivity contribution in [3.05, 3.63) is 129 Å². The van der Waals surface area contributed by atoms with E-state index in [-0.39, 0.29) is 30.0 Å². The Hall–Kier alpha value is -5.41. The largest absolute Gasteiger partial charge is 0.383 e. The summed E-state index contributed by atoms with van der Waals surface area (Å²) in [6.07, 6.45) is 3.69. The number of hydrogen-bond acceptors (Lipinski definition) is 11. The molecule has 5 heterocycles. The minimum absolute atomic E-state index is 0.0590. The van der Waals surface area contributed by atoms with Gasteiger partial charge in [-0.3, -0.25) is 0 Å². The Morgan fingerprint density at radius 2 is 1.20 bits per heavy atom. The Balaban J connectivity index is 1.24. The molecule has 2 atom stereocenters. The predicted octanol–water partition coefficient (Wildman–Crippen LogP) is 9.59. The average Bonchev–Trinajstić information content (AvgIpc) is 3.84. The van der Waals surface area contributed by atoms with Crippen molar-refractivity contribution in [1.82, 2.24) is 19.9 Å². The Morgan fingerprint density at radius 1 is 0.712 bits per heavy atom. The van der Waals surface area contributed by atoms with Crippen LogP contribution in [0.15, 0.2) is 97.6 Å². The maximum atomic E-state index is 16.1. The molecule has 3 amide bonds. The van der Waals surface area contributed by atoms with Gasteiger partial charge >= 0.3 is 17.7 Å². The fourth-order valence-electron chi connectivity index (χ4n) is 8.81. The molecule has 1 aliphatic heterocycles. The number of thiophene rings is 2. The van der Waals surface area contributed by atoms with Crippen LogP contribution in [0, 0.1) is 0 Å². The fraction of sp³-hybridized carbons (Fsp3) is 0.205. The first-order valence-corrected chi connectivity index (χ1v) is 21.5. The van der Waals surface area contributed by atoms with E-state index >= 15 is 14.4 Å². The summed E-state index contributed by atoms with van der Waals surface area (Å²) in [7, 11) is 0. The second-order valence-electron chi connectivity index (χ2n) is 15.3. The van der Waals surface area contributed by atoms with Crippen LogP contribution in [-0.2, 0) is 17.9 Å². The van der Waals surface area contributed by atoms with E-state index in [4.69, 9.17) is 34.7 Å². The van der Waals surface area contributed by atoms with Gasteiger partial charge in [-0.15, -0.1) is 22.7 Å². The van der Waals surface area contributed by atoms with Crippen molar-refractivity contribution in [2.45, 2.75) is 51.9 Å². The number of benzene rings is 4. The van der Waals surface area contributed by atoms with Crippen LogP contribution in [0.25, 0.3) is 42.0 Å². The molecule has 0 bridgehead atoms. The minimum Gasteiger partial charge on any atom is -0.383 e. The molecule has 0 radical (unpaired) electrons. The molecule has 59 heavy (non-hydrogen) atoms. The lowest BCUT2D eigenvalue weighted by Crippen LogP contribution is -2.79. The first kappa shape index (κ1) is 39.1. The topological polar surface area (TPSA) is 155 Å². The predicted molar refractivity (Wildman–Crippen MR) is 236 cm³/mol. The monoisotopic (exact) mass is 860 g/mol. The van der Waals surface area contributed by atoms with Crippen molar-refractivity contribution in [1.29, 1.82) is 0 Å². The number of nitrogens with zero attached hydrogens (tertiary/aromatic N) is 6. The number of nitrogen functional groups attached to an aromatic ring is 2. The maximum absolute atomic E-state index is 16.1. The summed E-state index contributed by atoms with van der Waals surface area (Å²) in [4.78, 5) is 65.5. The molecule has 0 aliphatic carbocycles. The summed E-state index contributed by atoms with van der Waals surface area (Å²) in [5, 5.41) is 4.08. The normalized spacial score (nSPS) is 17.6. The van der Waals surface area contributed by atoms with Crippen molar-refractivity contribution < 1.29 is 23.3 Å². The average molecular weight is 862 g/mol. The lowest BCUT2D eigenvalue weighted by molar-refractivity contribution is -0.961. The molecule has 0 saturated carbocycles. The highest BCUT2D eigenvalue weighted by Crippen LogP contribution is 2.43. The number of imide groups is 1. The molecule has 1 saturated heterocycles. The van der Waals surface area contributed by atoms with Gasteiger partial charge in [0, 0.05) is 47.8 Å². The summed E-state index contributed by atoms with van der Waals surface area (Å²) in [6, 6.07) is 24.5. The summed E-state index contributed by atoms with van der Waals surface area (Å²) < 4.78 is 0.954. The van der Waals surface area contributed by atoms with E-state index in [0.717, 1.165) is 31.3 Å². The Bertz CT molecular complexity index is 2840. The number of quaternary nitrogens is 2. The van der Waals surface area contributed by atoms with E-state index < -0.39 is 28.4 Å². The zero-order valence-corrected chi connectivity index (χ0v) is 35.2. The number of aromatic nitrogens is 4. The molecule has 8 aromatic rings. The molecule has 15 heteroatoms. The maximum Gasteiger partial charge on any atom is 0.373 e. The van der Waals surface area contributed by atoms with Gasteiger partial charge in [-0.25, -0.2) is 38.8 Å². The molecular weight excluding hydrogens is 824 g/mol. The van der Waals surface area contributed by atoms with E-state index in [2.05, 4.69) is 19.9 Å². The van der Waals surface area contributed by atoms with E-state index in [9.17, 15) is 0 Å². The van der Waals surface area contributed by atoms with Gasteiger partial charge in [0.05, 0.1) is 11.0 Å². The van der Waals surface area contributed by atoms with Gasteiger partial charge in [-0.1, -0.05) is 42.3 Å². The first-order chi connectivity index (χ1) is 28.4. The number of carbonyl (C=O) groups is 3.